The summed E-state index contributed by atoms with van der Waals surface area (Å²) in [5.74, 6) is -1.24. The molecule has 82 valence electrons. The van der Waals surface area contributed by atoms with Crippen LogP contribution in [0, 0.1) is 0 Å². The van der Waals surface area contributed by atoms with E-state index in [4.69, 9.17) is 5.73 Å². The van der Waals surface area contributed by atoms with Crippen LogP contribution in [0.5, 0.6) is 0 Å². The van der Waals surface area contributed by atoms with Crippen molar-refractivity contribution in [2.45, 2.75) is 19.1 Å². The minimum Gasteiger partial charge on any atom is -0.321 e. The van der Waals surface area contributed by atoms with Crippen LogP contribution >= 0.6 is 0 Å². The van der Waals surface area contributed by atoms with Crippen LogP contribution in [0.25, 0.3) is 0 Å². The third-order valence-corrected chi connectivity index (χ3v) is 1.58. The standard InChI is InChI=1S/C8H8F3N3O/c1-4(12)6(15)7-13-3-2-5(14-7)8(9,10)11/h2-4H,12H2,1H3. The van der Waals surface area contributed by atoms with Crippen molar-refractivity contribution in [3.8, 4) is 0 Å². The molecule has 7 heteroatoms. The molecule has 0 fully saturated rings. The lowest BCUT2D eigenvalue weighted by molar-refractivity contribution is -0.141. The molecule has 1 rings (SSSR count). The van der Waals surface area contributed by atoms with Gasteiger partial charge in [0, 0.05) is 6.20 Å². The number of rotatable bonds is 2. The van der Waals surface area contributed by atoms with Gasteiger partial charge in [0.2, 0.25) is 5.78 Å². The van der Waals surface area contributed by atoms with Gasteiger partial charge in [-0.05, 0) is 13.0 Å². The van der Waals surface area contributed by atoms with Gasteiger partial charge in [0.25, 0.3) is 0 Å². The van der Waals surface area contributed by atoms with Crippen LogP contribution in [0.4, 0.5) is 13.2 Å². The molecule has 0 spiro atoms. The van der Waals surface area contributed by atoms with Gasteiger partial charge in [0.15, 0.2) is 5.82 Å². The van der Waals surface area contributed by atoms with E-state index in [1.165, 1.54) is 6.92 Å². The third-order valence-electron chi connectivity index (χ3n) is 1.58. The molecule has 1 aromatic rings. The summed E-state index contributed by atoms with van der Waals surface area (Å²) < 4.78 is 36.6. The molecule has 0 aliphatic heterocycles. The van der Waals surface area contributed by atoms with E-state index in [1.807, 2.05) is 0 Å². The van der Waals surface area contributed by atoms with Crippen LogP contribution in [-0.2, 0) is 6.18 Å². The maximum Gasteiger partial charge on any atom is 0.433 e. The quantitative estimate of drug-likeness (QED) is 0.754. The number of halogens is 3. The van der Waals surface area contributed by atoms with Gasteiger partial charge in [-0.15, -0.1) is 0 Å². The van der Waals surface area contributed by atoms with Gasteiger partial charge >= 0.3 is 6.18 Å². The van der Waals surface area contributed by atoms with Crippen molar-refractivity contribution >= 4 is 5.78 Å². The molecule has 0 saturated carbocycles. The molecular formula is C8H8F3N3O. The first kappa shape index (κ1) is 11.6. The number of nitrogens with two attached hydrogens (primary N) is 1. The molecular weight excluding hydrogens is 211 g/mol. The number of carbonyl (C=O) groups is 1. The molecule has 0 aliphatic carbocycles. The van der Waals surface area contributed by atoms with Crippen molar-refractivity contribution in [3.63, 3.8) is 0 Å². The number of aromatic nitrogens is 2. The topological polar surface area (TPSA) is 68.9 Å². The average molecular weight is 219 g/mol. The minimum atomic E-state index is -4.59. The highest BCUT2D eigenvalue weighted by Gasteiger charge is 2.33. The lowest BCUT2D eigenvalue weighted by atomic mass is 10.2. The highest BCUT2D eigenvalue weighted by Crippen LogP contribution is 2.26. The summed E-state index contributed by atoms with van der Waals surface area (Å²) in [5, 5.41) is 0. The fourth-order valence-corrected chi connectivity index (χ4v) is 0.839. The van der Waals surface area contributed by atoms with E-state index in [9.17, 15) is 18.0 Å². The van der Waals surface area contributed by atoms with E-state index in [0.29, 0.717) is 6.07 Å². The molecule has 1 aromatic heterocycles. The van der Waals surface area contributed by atoms with Gasteiger partial charge in [0.1, 0.15) is 5.69 Å². The predicted octanol–water partition coefficient (Wildman–Crippen LogP) is 1.03. The normalized spacial score (nSPS) is 13.7. The third kappa shape index (κ3) is 2.72. The number of nitrogens with zero attached hydrogens (tertiary/aromatic N) is 2. The molecule has 1 heterocycles. The Morgan fingerprint density at radius 1 is 1.53 bits per heavy atom. The number of hydrogen-bond donors (Lipinski definition) is 1. The first-order chi connectivity index (χ1) is 6.82. The van der Waals surface area contributed by atoms with Crippen LogP contribution in [0.15, 0.2) is 12.3 Å². The van der Waals surface area contributed by atoms with Crippen molar-refractivity contribution < 1.29 is 18.0 Å². The first-order valence-corrected chi connectivity index (χ1v) is 4.02. The zero-order valence-corrected chi connectivity index (χ0v) is 7.75. The average Bonchev–Trinajstić information content (AvgIpc) is 2.15. The molecule has 0 saturated heterocycles. The first-order valence-electron chi connectivity index (χ1n) is 4.02. The van der Waals surface area contributed by atoms with Gasteiger partial charge in [-0.1, -0.05) is 0 Å². The zero-order valence-electron chi connectivity index (χ0n) is 7.75. The molecule has 0 amide bonds. The molecule has 0 bridgehead atoms. The Hall–Kier alpha value is -1.50. The van der Waals surface area contributed by atoms with Crippen molar-refractivity contribution in [2.24, 2.45) is 5.73 Å². The molecule has 2 N–H and O–H groups in total. The number of carbonyl (C=O) groups excluding carboxylic acids is 1. The SMILES string of the molecule is CC(N)C(=O)c1nccc(C(F)(F)F)n1. The molecule has 1 atom stereocenters. The Labute approximate surface area is 83.3 Å². The molecule has 15 heavy (non-hydrogen) atoms. The maximum atomic E-state index is 12.2. The molecule has 0 aromatic carbocycles. The van der Waals surface area contributed by atoms with E-state index in [-0.39, 0.29) is 0 Å². The van der Waals surface area contributed by atoms with Crippen molar-refractivity contribution in [3.05, 3.63) is 23.8 Å². The number of Topliss-reactive ketones (excluding diaryl/α,β-unsaturated/α-hetero) is 1. The van der Waals surface area contributed by atoms with Crippen molar-refractivity contribution in [1.29, 1.82) is 0 Å². The van der Waals surface area contributed by atoms with Gasteiger partial charge in [0.05, 0.1) is 6.04 Å². The summed E-state index contributed by atoms with van der Waals surface area (Å²) >= 11 is 0. The Morgan fingerprint density at radius 3 is 2.60 bits per heavy atom. The summed E-state index contributed by atoms with van der Waals surface area (Å²) in [6.07, 6.45) is -3.71. The summed E-state index contributed by atoms with van der Waals surface area (Å²) in [6.45, 7) is 1.35. The Balaban J connectivity index is 3.09. The van der Waals surface area contributed by atoms with Gasteiger partial charge in [-0.3, -0.25) is 4.79 Å². The van der Waals surface area contributed by atoms with E-state index < -0.39 is 29.5 Å². The molecule has 0 aliphatic rings. The molecule has 4 nitrogen and oxygen atoms in total. The molecule has 0 radical (unpaired) electrons. The fraction of sp³-hybridized carbons (Fsp3) is 0.375. The minimum absolute atomic E-state index is 0.514. The van der Waals surface area contributed by atoms with E-state index in [1.54, 1.807) is 0 Å². The Morgan fingerprint density at radius 2 is 2.13 bits per heavy atom. The van der Waals surface area contributed by atoms with Crippen molar-refractivity contribution in [2.75, 3.05) is 0 Å². The summed E-state index contributed by atoms with van der Waals surface area (Å²) in [6, 6.07) is -0.230. The second-order valence-corrected chi connectivity index (χ2v) is 2.92. The lowest BCUT2D eigenvalue weighted by Gasteiger charge is -2.07. The number of hydrogen-bond acceptors (Lipinski definition) is 4. The van der Waals surface area contributed by atoms with Gasteiger partial charge in [-0.2, -0.15) is 13.2 Å². The predicted molar refractivity (Wildman–Crippen MR) is 45.0 cm³/mol. The lowest BCUT2D eigenvalue weighted by Crippen LogP contribution is -2.29. The monoisotopic (exact) mass is 219 g/mol. The van der Waals surface area contributed by atoms with Gasteiger partial charge in [-0.25, -0.2) is 9.97 Å². The Kier molecular flexibility index (Phi) is 3.04. The van der Waals surface area contributed by atoms with E-state index in [2.05, 4.69) is 9.97 Å². The van der Waals surface area contributed by atoms with E-state index >= 15 is 0 Å². The van der Waals surface area contributed by atoms with Crippen LogP contribution in [0.2, 0.25) is 0 Å². The van der Waals surface area contributed by atoms with Crippen molar-refractivity contribution in [1.82, 2.24) is 9.97 Å². The zero-order chi connectivity index (χ0) is 11.6. The van der Waals surface area contributed by atoms with Crippen LogP contribution in [-0.4, -0.2) is 21.8 Å². The van der Waals surface area contributed by atoms with E-state index in [0.717, 1.165) is 6.20 Å². The van der Waals surface area contributed by atoms with Gasteiger partial charge < -0.3 is 5.73 Å². The summed E-state index contributed by atoms with van der Waals surface area (Å²) in [4.78, 5) is 17.7. The summed E-state index contributed by atoms with van der Waals surface area (Å²) in [7, 11) is 0. The number of alkyl halides is 3. The fourth-order valence-electron chi connectivity index (χ4n) is 0.839. The second kappa shape index (κ2) is 3.93. The largest absolute Gasteiger partial charge is 0.433 e. The summed E-state index contributed by atoms with van der Waals surface area (Å²) in [5.41, 5.74) is 4.06. The maximum absolute atomic E-state index is 12.2. The van der Waals surface area contributed by atoms with Crippen LogP contribution < -0.4 is 5.73 Å². The smallest absolute Gasteiger partial charge is 0.321 e. The molecule has 1 unspecified atom stereocenters. The Bertz CT molecular complexity index is 376. The van der Waals surface area contributed by atoms with Crippen LogP contribution in [0.1, 0.15) is 23.2 Å². The second-order valence-electron chi connectivity index (χ2n) is 2.92. The number of ketones is 1. The van der Waals surface area contributed by atoms with Crippen LogP contribution in [0.3, 0.4) is 0 Å². The highest BCUT2D eigenvalue weighted by atomic mass is 19.4. The highest BCUT2D eigenvalue weighted by molar-refractivity contribution is 5.96.